The molecule has 0 aromatic heterocycles. The summed E-state index contributed by atoms with van der Waals surface area (Å²) < 4.78 is 12.4. The number of carbonyl (C=O) groups is 1. The average molecular weight is 383 g/mol. The van der Waals surface area contributed by atoms with Gasteiger partial charge < -0.3 is 14.2 Å². The fourth-order valence-corrected chi connectivity index (χ4v) is 4.98. The zero-order valence-corrected chi connectivity index (χ0v) is 18.1. The molecule has 2 atom stereocenters. The zero-order chi connectivity index (χ0) is 20.1. The lowest BCUT2D eigenvalue weighted by atomic mass is 9.75. The molecule has 2 unspecified atom stereocenters. The molecular formula is C23H34BNO3. The van der Waals surface area contributed by atoms with Crippen LogP contribution in [0.5, 0.6) is 0 Å². The molecule has 28 heavy (non-hydrogen) atoms. The van der Waals surface area contributed by atoms with Crippen LogP contribution in [-0.2, 0) is 20.5 Å². The Balaban J connectivity index is 1.42. The number of fused-ring (bicyclic) bond motifs is 1. The van der Waals surface area contributed by atoms with Crippen LogP contribution >= 0.6 is 0 Å². The summed E-state index contributed by atoms with van der Waals surface area (Å²) in [6.07, 6.45) is 5.77. The van der Waals surface area contributed by atoms with E-state index in [4.69, 9.17) is 9.31 Å². The summed E-state index contributed by atoms with van der Waals surface area (Å²) in [4.78, 5) is 15.0. The minimum absolute atomic E-state index is 0.275. The summed E-state index contributed by atoms with van der Waals surface area (Å²) in [7, 11) is -0.351. The van der Waals surface area contributed by atoms with Crippen molar-refractivity contribution in [3.63, 3.8) is 0 Å². The summed E-state index contributed by atoms with van der Waals surface area (Å²) in [6, 6.07) is 6.26. The van der Waals surface area contributed by atoms with Crippen molar-refractivity contribution in [1.82, 2.24) is 4.90 Å². The number of rotatable bonds is 3. The van der Waals surface area contributed by atoms with Crippen molar-refractivity contribution in [2.24, 2.45) is 11.8 Å². The van der Waals surface area contributed by atoms with Crippen LogP contribution in [0.4, 0.5) is 0 Å². The number of carbonyl (C=O) groups excluding carboxylic acids is 1. The molecule has 152 valence electrons. The zero-order valence-electron chi connectivity index (χ0n) is 18.1. The van der Waals surface area contributed by atoms with E-state index in [1.807, 2.05) is 0 Å². The lowest BCUT2D eigenvalue weighted by Crippen LogP contribution is -2.41. The van der Waals surface area contributed by atoms with Gasteiger partial charge in [-0.25, -0.2) is 0 Å². The molecule has 2 aliphatic heterocycles. The number of benzene rings is 1. The van der Waals surface area contributed by atoms with E-state index in [0.29, 0.717) is 6.42 Å². The summed E-state index contributed by atoms with van der Waals surface area (Å²) in [6.45, 7) is 12.3. The maximum absolute atomic E-state index is 12.9. The molecule has 3 fully saturated rings. The lowest BCUT2D eigenvalue weighted by Gasteiger charge is -2.32. The SMILES string of the molecule is Cc1cc(CC(=O)N2CC3CCCCC3C2)ccc1B1OC(C)(C)C(C)(C)O1. The Hall–Kier alpha value is -1.33. The van der Waals surface area contributed by atoms with Crippen LogP contribution in [0.3, 0.4) is 0 Å². The Kier molecular flexibility index (Phi) is 5.12. The quantitative estimate of drug-likeness (QED) is 0.751. The molecule has 0 spiro atoms. The molecule has 1 aromatic carbocycles. The molecule has 0 N–H and O–H groups in total. The van der Waals surface area contributed by atoms with Crippen LogP contribution in [-0.4, -0.2) is 42.2 Å². The van der Waals surface area contributed by atoms with Crippen molar-refractivity contribution in [3.05, 3.63) is 29.3 Å². The molecule has 1 aliphatic carbocycles. The molecule has 2 heterocycles. The van der Waals surface area contributed by atoms with Gasteiger partial charge in [-0.2, -0.15) is 0 Å². The predicted molar refractivity (Wildman–Crippen MR) is 113 cm³/mol. The smallest absolute Gasteiger partial charge is 0.399 e. The average Bonchev–Trinajstić information content (AvgIpc) is 3.13. The van der Waals surface area contributed by atoms with E-state index in [9.17, 15) is 4.79 Å². The van der Waals surface area contributed by atoms with E-state index in [1.165, 1.54) is 25.7 Å². The minimum atomic E-state index is -0.351. The molecule has 1 saturated carbocycles. The second kappa shape index (κ2) is 7.18. The number of hydrogen-bond donors (Lipinski definition) is 0. The van der Waals surface area contributed by atoms with Gasteiger partial charge in [-0.05, 0) is 70.3 Å². The molecular weight excluding hydrogens is 349 g/mol. The molecule has 5 heteroatoms. The third kappa shape index (κ3) is 3.64. The maximum Gasteiger partial charge on any atom is 0.495 e. The van der Waals surface area contributed by atoms with Gasteiger partial charge in [0.25, 0.3) is 0 Å². The first-order chi connectivity index (χ1) is 13.2. The first-order valence-corrected chi connectivity index (χ1v) is 10.9. The number of nitrogens with zero attached hydrogens (tertiary/aromatic N) is 1. The van der Waals surface area contributed by atoms with E-state index in [2.05, 4.69) is 57.7 Å². The normalized spacial score (nSPS) is 28.5. The van der Waals surface area contributed by atoms with Crippen molar-refractivity contribution in [1.29, 1.82) is 0 Å². The Labute approximate surface area is 170 Å². The van der Waals surface area contributed by atoms with Crippen LogP contribution in [0.25, 0.3) is 0 Å². The molecule has 0 radical (unpaired) electrons. The van der Waals surface area contributed by atoms with E-state index in [0.717, 1.165) is 41.5 Å². The second-order valence-corrected chi connectivity index (χ2v) is 10.1. The maximum atomic E-state index is 12.9. The minimum Gasteiger partial charge on any atom is -0.399 e. The van der Waals surface area contributed by atoms with Gasteiger partial charge in [0.05, 0.1) is 17.6 Å². The van der Waals surface area contributed by atoms with Crippen molar-refractivity contribution in [3.8, 4) is 0 Å². The van der Waals surface area contributed by atoms with Crippen LogP contribution < -0.4 is 5.46 Å². The predicted octanol–water partition coefficient (Wildman–Crippen LogP) is 3.49. The highest BCUT2D eigenvalue weighted by molar-refractivity contribution is 6.62. The van der Waals surface area contributed by atoms with Gasteiger partial charge >= 0.3 is 7.12 Å². The second-order valence-electron chi connectivity index (χ2n) is 10.1. The molecule has 4 nitrogen and oxygen atoms in total. The topological polar surface area (TPSA) is 38.8 Å². The van der Waals surface area contributed by atoms with Gasteiger partial charge in [0.1, 0.15) is 0 Å². The Bertz CT molecular complexity index is 730. The summed E-state index contributed by atoms with van der Waals surface area (Å²) in [5, 5.41) is 0. The van der Waals surface area contributed by atoms with E-state index in [-0.39, 0.29) is 24.2 Å². The van der Waals surface area contributed by atoms with Crippen LogP contribution in [0.2, 0.25) is 0 Å². The number of amides is 1. The summed E-state index contributed by atoms with van der Waals surface area (Å²) in [5.74, 6) is 1.76. The molecule has 2 saturated heterocycles. The van der Waals surface area contributed by atoms with Gasteiger partial charge in [0, 0.05) is 13.1 Å². The Morgan fingerprint density at radius 3 is 2.18 bits per heavy atom. The fraction of sp³-hybridized carbons (Fsp3) is 0.696. The van der Waals surface area contributed by atoms with Crippen LogP contribution in [0.1, 0.15) is 64.5 Å². The molecule has 3 aliphatic rings. The highest BCUT2D eigenvalue weighted by Gasteiger charge is 2.52. The Morgan fingerprint density at radius 1 is 1.07 bits per heavy atom. The number of likely N-dealkylation sites (tertiary alicyclic amines) is 1. The highest BCUT2D eigenvalue weighted by Crippen LogP contribution is 2.37. The summed E-state index contributed by atoms with van der Waals surface area (Å²) >= 11 is 0. The van der Waals surface area contributed by atoms with Gasteiger partial charge in [-0.15, -0.1) is 0 Å². The molecule has 1 aromatic rings. The van der Waals surface area contributed by atoms with Crippen LogP contribution in [0, 0.1) is 18.8 Å². The van der Waals surface area contributed by atoms with Crippen molar-refractivity contribution in [2.45, 2.75) is 77.9 Å². The van der Waals surface area contributed by atoms with Crippen molar-refractivity contribution in [2.75, 3.05) is 13.1 Å². The first kappa shape index (κ1) is 20.0. The number of aryl methyl sites for hydroxylation is 1. The van der Waals surface area contributed by atoms with E-state index >= 15 is 0 Å². The lowest BCUT2D eigenvalue weighted by molar-refractivity contribution is -0.129. The third-order valence-corrected chi connectivity index (χ3v) is 7.53. The largest absolute Gasteiger partial charge is 0.495 e. The van der Waals surface area contributed by atoms with Gasteiger partial charge in [-0.1, -0.05) is 36.6 Å². The number of hydrogen-bond acceptors (Lipinski definition) is 3. The molecule has 4 rings (SSSR count). The van der Waals surface area contributed by atoms with Crippen molar-refractivity contribution < 1.29 is 14.1 Å². The van der Waals surface area contributed by atoms with Crippen molar-refractivity contribution >= 4 is 18.5 Å². The monoisotopic (exact) mass is 383 g/mol. The third-order valence-electron chi connectivity index (χ3n) is 7.53. The van der Waals surface area contributed by atoms with Crippen LogP contribution in [0.15, 0.2) is 18.2 Å². The van der Waals surface area contributed by atoms with Gasteiger partial charge in [0.15, 0.2) is 0 Å². The van der Waals surface area contributed by atoms with Gasteiger partial charge in [-0.3, -0.25) is 4.79 Å². The molecule has 0 bridgehead atoms. The van der Waals surface area contributed by atoms with Gasteiger partial charge in [0.2, 0.25) is 5.91 Å². The fourth-order valence-electron chi connectivity index (χ4n) is 4.98. The highest BCUT2D eigenvalue weighted by atomic mass is 16.7. The van der Waals surface area contributed by atoms with E-state index in [1.54, 1.807) is 0 Å². The standard InChI is InChI=1S/C23H34BNO3/c1-16-12-17(10-11-20(16)24-27-22(2,3)23(4,5)28-24)13-21(26)25-14-18-8-6-7-9-19(18)15-25/h10-12,18-19H,6-9,13-15H2,1-5H3. The molecule has 1 amide bonds. The van der Waals surface area contributed by atoms with E-state index < -0.39 is 0 Å². The first-order valence-electron chi connectivity index (χ1n) is 10.9. The Morgan fingerprint density at radius 2 is 1.64 bits per heavy atom. The summed E-state index contributed by atoms with van der Waals surface area (Å²) in [5.41, 5.74) is 2.58.